The van der Waals surface area contributed by atoms with E-state index in [1.165, 1.54) is 0 Å². The number of hydroxylamine groups is 1. The second-order valence-electron chi connectivity index (χ2n) is 6.08. The molecule has 3 heterocycles. The van der Waals surface area contributed by atoms with Gasteiger partial charge in [0.05, 0.1) is 11.9 Å². The molecule has 1 atom stereocenters. The minimum atomic E-state index is -0.298. The smallest absolute Gasteiger partial charge is 0.246 e. The summed E-state index contributed by atoms with van der Waals surface area (Å²) in [5.41, 5.74) is 9.23. The average Bonchev–Trinajstić information content (AvgIpc) is 2.61. The summed E-state index contributed by atoms with van der Waals surface area (Å²) in [4.78, 5) is 23.9. The number of nitrogens with zero attached hydrogens (tertiary/aromatic N) is 2. The standard InChI is InChI=1S/C16H24N4O3/c17-14-5-4-13(11-18-14)20-8-6-12(7-9-20)16(21)19-23-15-3-1-2-10-22-15/h4-5,11-12,15H,1-3,6-10H2,(H2,17,18)(H,19,21). The number of carbonyl (C=O) groups excluding carboxylic acids is 1. The van der Waals surface area contributed by atoms with Gasteiger partial charge < -0.3 is 15.4 Å². The summed E-state index contributed by atoms with van der Waals surface area (Å²) in [5, 5.41) is 0. The third kappa shape index (κ3) is 4.33. The number of nitrogens with one attached hydrogen (secondary N) is 1. The van der Waals surface area contributed by atoms with Crippen molar-refractivity contribution in [3.63, 3.8) is 0 Å². The molecule has 2 aliphatic heterocycles. The monoisotopic (exact) mass is 320 g/mol. The Hall–Kier alpha value is -1.86. The number of ether oxygens (including phenoxy) is 1. The first-order valence-electron chi connectivity index (χ1n) is 8.26. The zero-order valence-corrected chi connectivity index (χ0v) is 13.2. The van der Waals surface area contributed by atoms with E-state index >= 15 is 0 Å². The SMILES string of the molecule is Nc1ccc(N2CCC(C(=O)NOC3CCCCO3)CC2)cn1. The maximum absolute atomic E-state index is 12.2. The average molecular weight is 320 g/mol. The minimum Gasteiger partial charge on any atom is -0.384 e. The second-order valence-corrected chi connectivity index (χ2v) is 6.08. The van der Waals surface area contributed by atoms with Crippen LogP contribution in [0.5, 0.6) is 0 Å². The number of hydrogen-bond donors (Lipinski definition) is 2. The van der Waals surface area contributed by atoms with Gasteiger partial charge in [-0.15, -0.1) is 0 Å². The Bertz CT molecular complexity index is 509. The van der Waals surface area contributed by atoms with Gasteiger partial charge in [-0.3, -0.25) is 4.79 Å². The van der Waals surface area contributed by atoms with Crippen LogP contribution in [0.3, 0.4) is 0 Å². The fraction of sp³-hybridized carbons (Fsp3) is 0.625. The van der Waals surface area contributed by atoms with E-state index in [2.05, 4.69) is 15.4 Å². The van der Waals surface area contributed by atoms with E-state index < -0.39 is 0 Å². The van der Waals surface area contributed by atoms with Crippen LogP contribution < -0.4 is 16.1 Å². The van der Waals surface area contributed by atoms with Gasteiger partial charge in [-0.25, -0.2) is 15.3 Å². The maximum atomic E-state index is 12.2. The number of nitrogens with two attached hydrogens (primary N) is 1. The van der Waals surface area contributed by atoms with Gasteiger partial charge in [-0.2, -0.15) is 0 Å². The number of aromatic nitrogens is 1. The molecule has 0 spiro atoms. The van der Waals surface area contributed by atoms with Gasteiger partial charge in [0.2, 0.25) is 5.91 Å². The van der Waals surface area contributed by atoms with Gasteiger partial charge in [-0.05, 0) is 37.8 Å². The van der Waals surface area contributed by atoms with Crippen molar-refractivity contribution in [2.75, 3.05) is 30.3 Å². The minimum absolute atomic E-state index is 0.0171. The molecule has 0 radical (unpaired) electrons. The summed E-state index contributed by atoms with van der Waals surface area (Å²) < 4.78 is 5.44. The van der Waals surface area contributed by atoms with Gasteiger partial charge in [0, 0.05) is 32.0 Å². The molecule has 7 heteroatoms. The van der Waals surface area contributed by atoms with Crippen LogP contribution in [0.2, 0.25) is 0 Å². The lowest BCUT2D eigenvalue weighted by atomic mass is 9.96. The third-order valence-corrected chi connectivity index (χ3v) is 4.43. The normalized spacial score (nSPS) is 22.8. The van der Waals surface area contributed by atoms with Crippen molar-refractivity contribution in [1.29, 1.82) is 0 Å². The van der Waals surface area contributed by atoms with Crippen molar-refractivity contribution in [2.24, 2.45) is 5.92 Å². The highest BCUT2D eigenvalue weighted by Crippen LogP contribution is 2.23. The summed E-state index contributed by atoms with van der Waals surface area (Å²) >= 11 is 0. The Kier molecular flexibility index (Phi) is 5.30. The van der Waals surface area contributed by atoms with Crippen LogP contribution in [0, 0.1) is 5.92 Å². The predicted molar refractivity (Wildman–Crippen MR) is 86.4 cm³/mol. The Morgan fingerprint density at radius 1 is 1.30 bits per heavy atom. The lowest BCUT2D eigenvalue weighted by molar-refractivity contribution is -0.202. The van der Waals surface area contributed by atoms with E-state index in [0.717, 1.165) is 50.9 Å². The number of amides is 1. The van der Waals surface area contributed by atoms with E-state index in [1.54, 1.807) is 12.3 Å². The molecular formula is C16H24N4O3. The topological polar surface area (TPSA) is 89.7 Å². The molecule has 1 unspecified atom stereocenters. The molecule has 2 aliphatic rings. The summed E-state index contributed by atoms with van der Waals surface area (Å²) in [6, 6.07) is 3.76. The van der Waals surface area contributed by atoms with E-state index in [9.17, 15) is 4.79 Å². The molecule has 0 aromatic carbocycles. The molecule has 1 amide bonds. The number of piperidine rings is 1. The molecule has 1 aromatic heterocycles. The van der Waals surface area contributed by atoms with Crippen LogP contribution in [-0.2, 0) is 14.4 Å². The Balaban J connectivity index is 1.42. The van der Waals surface area contributed by atoms with Crippen LogP contribution in [0.25, 0.3) is 0 Å². The third-order valence-electron chi connectivity index (χ3n) is 4.43. The maximum Gasteiger partial charge on any atom is 0.246 e. The van der Waals surface area contributed by atoms with Crippen LogP contribution >= 0.6 is 0 Å². The van der Waals surface area contributed by atoms with Crippen molar-refractivity contribution in [3.05, 3.63) is 18.3 Å². The zero-order chi connectivity index (χ0) is 16.1. The van der Waals surface area contributed by atoms with Gasteiger partial charge in [-0.1, -0.05) is 0 Å². The number of hydrogen-bond acceptors (Lipinski definition) is 6. The van der Waals surface area contributed by atoms with Crippen LogP contribution in [-0.4, -0.2) is 36.9 Å². The number of carbonyl (C=O) groups is 1. The van der Waals surface area contributed by atoms with Crippen LogP contribution in [0.4, 0.5) is 11.5 Å². The van der Waals surface area contributed by atoms with Gasteiger partial charge >= 0.3 is 0 Å². The molecule has 126 valence electrons. The largest absolute Gasteiger partial charge is 0.384 e. The number of pyridine rings is 1. The first-order valence-corrected chi connectivity index (χ1v) is 8.26. The van der Waals surface area contributed by atoms with Crippen molar-refractivity contribution in [2.45, 2.75) is 38.4 Å². The predicted octanol–water partition coefficient (Wildman–Crippen LogP) is 1.45. The highest BCUT2D eigenvalue weighted by atomic mass is 16.8. The molecule has 23 heavy (non-hydrogen) atoms. The summed E-state index contributed by atoms with van der Waals surface area (Å²) in [7, 11) is 0. The fourth-order valence-electron chi connectivity index (χ4n) is 3.00. The quantitative estimate of drug-likeness (QED) is 0.816. The number of anilines is 2. The number of rotatable bonds is 4. The molecular weight excluding hydrogens is 296 g/mol. The highest BCUT2D eigenvalue weighted by molar-refractivity contribution is 5.78. The van der Waals surface area contributed by atoms with E-state index in [-0.39, 0.29) is 18.1 Å². The van der Waals surface area contributed by atoms with Crippen LogP contribution in [0.1, 0.15) is 32.1 Å². The molecule has 2 saturated heterocycles. The van der Waals surface area contributed by atoms with Gasteiger partial charge in [0.15, 0.2) is 6.29 Å². The lowest BCUT2D eigenvalue weighted by Crippen LogP contribution is -2.42. The van der Waals surface area contributed by atoms with Crippen LogP contribution in [0.15, 0.2) is 18.3 Å². The molecule has 2 fully saturated rings. The van der Waals surface area contributed by atoms with E-state index in [0.29, 0.717) is 12.4 Å². The molecule has 0 saturated carbocycles. The summed E-state index contributed by atoms with van der Waals surface area (Å²) in [5.74, 6) is 0.455. The lowest BCUT2D eigenvalue weighted by Gasteiger charge is -2.33. The molecule has 3 rings (SSSR count). The first kappa shape index (κ1) is 16.0. The molecule has 3 N–H and O–H groups in total. The molecule has 7 nitrogen and oxygen atoms in total. The Morgan fingerprint density at radius 3 is 2.78 bits per heavy atom. The summed E-state index contributed by atoms with van der Waals surface area (Å²) in [6.45, 7) is 2.35. The van der Waals surface area contributed by atoms with Crippen molar-refractivity contribution in [1.82, 2.24) is 10.5 Å². The number of nitrogen functional groups attached to an aromatic ring is 1. The molecule has 1 aromatic rings. The van der Waals surface area contributed by atoms with E-state index in [4.69, 9.17) is 15.3 Å². The van der Waals surface area contributed by atoms with Gasteiger partial charge in [0.1, 0.15) is 5.82 Å². The fourth-order valence-corrected chi connectivity index (χ4v) is 3.00. The van der Waals surface area contributed by atoms with Crippen molar-refractivity contribution < 1.29 is 14.4 Å². The highest BCUT2D eigenvalue weighted by Gasteiger charge is 2.26. The van der Waals surface area contributed by atoms with Crippen molar-refractivity contribution in [3.8, 4) is 0 Å². The summed E-state index contributed by atoms with van der Waals surface area (Å²) in [6.07, 6.45) is 6.05. The first-order chi connectivity index (χ1) is 11.2. The Morgan fingerprint density at radius 2 is 2.13 bits per heavy atom. The molecule has 0 aliphatic carbocycles. The Labute approximate surface area is 136 Å². The second kappa shape index (κ2) is 7.61. The zero-order valence-electron chi connectivity index (χ0n) is 13.2. The van der Waals surface area contributed by atoms with Crippen molar-refractivity contribution >= 4 is 17.4 Å². The van der Waals surface area contributed by atoms with E-state index in [1.807, 2.05) is 6.07 Å². The molecule has 0 bridgehead atoms. The van der Waals surface area contributed by atoms with Gasteiger partial charge in [0.25, 0.3) is 0 Å².